The maximum Gasteiger partial charge on any atom is 0.251 e. The fraction of sp³-hybridized carbons (Fsp3) is 0.636. The second kappa shape index (κ2) is 11.2. The van der Waals surface area contributed by atoms with Crippen molar-refractivity contribution in [2.75, 3.05) is 20.3 Å². The number of methoxy groups -OCH3 is 1. The van der Waals surface area contributed by atoms with E-state index in [0.717, 1.165) is 6.92 Å². The van der Waals surface area contributed by atoms with Crippen LogP contribution in [0.2, 0.25) is 0 Å². The lowest BCUT2D eigenvalue weighted by molar-refractivity contribution is -0.347. The van der Waals surface area contributed by atoms with Crippen molar-refractivity contribution in [3.63, 3.8) is 0 Å². The van der Waals surface area contributed by atoms with Crippen molar-refractivity contribution in [3.8, 4) is 0 Å². The van der Waals surface area contributed by atoms with E-state index in [2.05, 4.69) is 10.6 Å². The number of carbonyl (C=O) groups is 2. The first-order valence-corrected chi connectivity index (χ1v) is 11.0. The minimum atomic E-state index is -2.58. The van der Waals surface area contributed by atoms with Crippen LogP contribution in [0, 0.1) is 0 Å². The molecule has 8 N–H and O–H groups in total. The van der Waals surface area contributed by atoms with Gasteiger partial charge in [-0.3, -0.25) is 9.59 Å². The van der Waals surface area contributed by atoms with Gasteiger partial charge in [0.25, 0.3) is 5.91 Å². The summed E-state index contributed by atoms with van der Waals surface area (Å²) in [6.45, 7) is -0.467. The molecule has 1 aromatic rings. The molecule has 0 unspecified atom stereocenters. The minimum absolute atomic E-state index is 0.220. The van der Waals surface area contributed by atoms with Gasteiger partial charge < -0.3 is 55.5 Å². The second-order valence-corrected chi connectivity index (χ2v) is 8.59. The van der Waals surface area contributed by atoms with E-state index in [1.807, 2.05) is 0 Å². The number of amides is 2. The van der Waals surface area contributed by atoms with Crippen LogP contribution in [0.4, 0.5) is 0 Å². The summed E-state index contributed by atoms with van der Waals surface area (Å²) >= 11 is 0. The van der Waals surface area contributed by atoms with Crippen LogP contribution in [0.15, 0.2) is 30.3 Å². The van der Waals surface area contributed by atoms with Crippen molar-refractivity contribution < 1.29 is 54.4 Å². The summed E-state index contributed by atoms with van der Waals surface area (Å²) in [4.78, 5) is 24.4. The first-order valence-electron chi connectivity index (χ1n) is 11.0. The van der Waals surface area contributed by atoms with Crippen molar-refractivity contribution in [1.82, 2.24) is 10.6 Å². The predicted octanol–water partition coefficient (Wildman–Crippen LogP) is -3.77. The number of hydrogen-bond acceptors (Lipinski definition) is 11. The van der Waals surface area contributed by atoms with Gasteiger partial charge in [0, 0.05) is 19.6 Å². The zero-order valence-electron chi connectivity index (χ0n) is 19.2. The van der Waals surface area contributed by atoms with Crippen LogP contribution in [-0.4, -0.2) is 123 Å². The fourth-order valence-electron chi connectivity index (χ4n) is 4.61. The van der Waals surface area contributed by atoms with Crippen LogP contribution in [0.5, 0.6) is 0 Å². The Kier molecular flexibility index (Phi) is 8.80. The molecule has 0 bridgehead atoms. The standard InChI is InChI=1S/C22H32N2O11/c1-10(27)23-15-18(30)22(32,13(9-26)35-21(15)33-2)19-17(29)14(16(28)12(8-25)34-19)24-20(31)11-6-4-3-5-7-11/h3-7,12-19,21,25-26,28-30,32H,8-9H2,1-2H3,(H,23,27)(H,24,31)/t12-,13-,14-,15+,16+,17-,18-,19-,21+,22-/m1/s1. The topological polar surface area (TPSA) is 207 Å². The Bertz CT molecular complexity index is 874. The number of benzene rings is 1. The Balaban J connectivity index is 1.97. The van der Waals surface area contributed by atoms with Gasteiger partial charge in [0.2, 0.25) is 5.91 Å². The van der Waals surface area contributed by atoms with E-state index in [9.17, 15) is 40.2 Å². The lowest BCUT2D eigenvalue weighted by Gasteiger charge is -2.55. The van der Waals surface area contributed by atoms with E-state index < -0.39 is 85.6 Å². The Hall–Kier alpha value is -2.20. The van der Waals surface area contributed by atoms with Gasteiger partial charge in [-0.25, -0.2) is 0 Å². The molecule has 35 heavy (non-hydrogen) atoms. The monoisotopic (exact) mass is 500 g/mol. The molecule has 0 aromatic heterocycles. The summed E-state index contributed by atoms with van der Waals surface area (Å²) in [6.07, 6.45) is -11.4. The number of carbonyl (C=O) groups excluding carboxylic acids is 2. The maximum absolute atomic E-state index is 12.7. The van der Waals surface area contributed by atoms with E-state index in [1.54, 1.807) is 18.2 Å². The molecular formula is C22H32N2O11. The SMILES string of the molecule is CO[C@H]1O[C@H](CO)[C@](O)([C@@H]2O[C@H](CO)[C@H](O)[C@@H](NC(=O)c3ccccc3)[C@H]2O)[C@H](O)[C@@H]1NC(C)=O. The molecule has 2 aliphatic heterocycles. The molecule has 13 nitrogen and oxygen atoms in total. The second-order valence-electron chi connectivity index (χ2n) is 8.59. The molecule has 10 atom stereocenters. The largest absolute Gasteiger partial charge is 0.394 e. The molecule has 0 saturated carbocycles. The number of aliphatic hydroxyl groups is 6. The van der Waals surface area contributed by atoms with Gasteiger partial charge >= 0.3 is 0 Å². The van der Waals surface area contributed by atoms with Crippen LogP contribution in [0.3, 0.4) is 0 Å². The predicted molar refractivity (Wildman–Crippen MR) is 117 cm³/mol. The molecule has 196 valence electrons. The highest BCUT2D eigenvalue weighted by Gasteiger charge is 2.64. The average molecular weight is 501 g/mol. The summed E-state index contributed by atoms with van der Waals surface area (Å²) in [6, 6.07) is 5.12. The number of nitrogens with one attached hydrogen (secondary N) is 2. The zero-order chi connectivity index (χ0) is 25.9. The van der Waals surface area contributed by atoms with Gasteiger partial charge in [0.1, 0.15) is 48.3 Å². The molecule has 13 heteroatoms. The summed E-state index contributed by atoms with van der Waals surface area (Å²) < 4.78 is 16.3. The van der Waals surface area contributed by atoms with Gasteiger partial charge in [-0.15, -0.1) is 0 Å². The molecular weight excluding hydrogens is 468 g/mol. The third-order valence-corrected chi connectivity index (χ3v) is 6.41. The van der Waals surface area contributed by atoms with E-state index in [-0.39, 0.29) is 5.56 Å². The number of ether oxygens (including phenoxy) is 3. The van der Waals surface area contributed by atoms with Gasteiger partial charge in [0.15, 0.2) is 6.29 Å². The molecule has 0 radical (unpaired) electrons. The van der Waals surface area contributed by atoms with Gasteiger partial charge in [0.05, 0.1) is 19.3 Å². The van der Waals surface area contributed by atoms with E-state index in [1.165, 1.54) is 19.2 Å². The highest BCUT2D eigenvalue weighted by Crippen LogP contribution is 2.39. The van der Waals surface area contributed by atoms with Crippen molar-refractivity contribution in [2.24, 2.45) is 0 Å². The summed E-state index contributed by atoms with van der Waals surface area (Å²) in [5.74, 6) is -1.25. The van der Waals surface area contributed by atoms with E-state index >= 15 is 0 Å². The van der Waals surface area contributed by atoms with Gasteiger partial charge in [-0.1, -0.05) is 18.2 Å². The van der Waals surface area contributed by atoms with Crippen LogP contribution in [0.1, 0.15) is 17.3 Å². The molecule has 2 heterocycles. The Morgan fingerprint density at radius 3 is 2.20 bits per heavy atom. The van der Waals surface area contributed by atoms with Crippen molar-refractivity contribution >= 4 is 11.8 Å². The first-order chi connectivity index (χ1) is 16.6. The Labute approximate surface area is 201 Å². The van der Waals surface area contributed by atoms with Crippen molar-refractivity contribution in [2.45, 2.75) is 67.5 Å². The smallest absolute Gasteiger partial charge is 0.251 e. The van der Waals surface area contributed by atoms with Crippen molar-refractivity contribution in [1.29, 1.82) is 0 Å². The zero-order valence-corrected chi connectivity index (χ0v) is 19.2. The molecule has 2 amide bonds. The minimum Gasteiger partial charge on any atom is -0.394 e. The Morgan fingerprint density at radius 2 is 1.66 bits per heavy atom. The summed E-state index contributed by atoms with van der Waals surface area (Å²) in [7, 11) is 1.23. The average Bonchev–Trinajstić information content (AvgIpc) is 2.85. The third kappa shape index (κ3) is 5.18. The van der Waals surface area contributed by atoms with Crippen LogP contribution < -0.4 is 10.6 Å². The molecule has 0 aliphatic carbocycles. The molecule has 2 aliphatic rings. The molecule has 0 spiro atoms. The number of rotatable bonds is 7. The van der Waals surface area contributed by atoms with E-state index in [4.69, 9.17) is 14.2 Å². The highest BCUT2D eigenvalue weighted by atomic mass is 16.7. The molecule has 1 aromatic carbocycles. The molecule has 2 fully saturated rings. The van der Waals surface area contributed by atoms with Gasteiger partial charge in [-0.2, -0.15) is 0 Å². The lowest BCUT2D eigenvalue weighted by atomic mass is 9.73. The normalized spacial score (nSPS) is 39.6. The Morgan fingerprint density at radius 1 is 1.00 bits per heavy atom. The third-order valence-electron chi connectivity index (χ3n) is 6.41. The fourth-order valence-corrected chi connectivity index (χ4v) is 4.61. The van der Waals surface area contributed by atoms with Crippen LogP contribution in [-0.2, 0) is 19.0 Å². The highest BCUT2D eigenvalue weighted by molar-refractivity contribution is 5.94. The summed E-state index contributed by atoms with van der Waals surface area (Å²) in [5, 5.41) is 69.2. The number of hydrogen-bond donors (Lipinski definition) is 8. The maximum atomic E-state index is 12.7. The van der Waals surface area contributed by atoms with E-state index in [0.29, 0.717) is 0 Å². The molecule has 3 rings (SSSR count). The van der Waals surface area contributed by atoms with Crippen LogP contribution in [0.25, 0.3) is 0 Å². The van der Waals surface area contributed by atoms with Crippen LogP contribution >= 0.6 is 0 Å². The lowest BCUT2D eigenvalue weighted by Crippen LogP contribution is -2.79. The quantitative estimate of drug-likeness (QED) is 0.182. The number of aliphatic hydroxyl groups excluding tert-OH is 5. The summed E-state index contributed by atoms with van der Waals surface area (Å²) in [5.41, 5.74) is -2.36. The van der Waals surface area contributed by atoms with Gasteiger partial charge in [-0.05, 0) is 12.1 Å². The first kappa shape index (κ1) is 27.4. The molecule has 2 saturated heterocycles. The van der Waals surface area contributed by atoms with Crippen molar-refractivity contribution in [3.05, 3.63) is 35.9 Å².